The van der Waals surface area contributed by atoms with E-state index in [2.05, 4.69) is 15.3 Å². The Balaban J connectivity index is 1.57. The summed E-state index contributed by atoms with van der Waals surface area (Å²) in [5.41, 5.74) is 7.43. The average Bonchev–Trinajstić information content (AvgIpc) is 3.47. The number of halogens is 5. The molecule has 3 heterocycles. The Morgan fingerprint density at radius 3 is 2.47 bits per heavy atom. The second-order valence-corrected chi connectivity index (χ2v) is 7.68. The molecule has 3 aromatic heterocycles. The minimum absolute atomic E-state index is 0.0751. The molecule has 5 rings (SSSR count). The molecule has 32 heavy (non-hydrogen) atoms. The van der Waals surface area contributed by atoms with Crippen molar-refractivity contribution >= 4 is 22.8 Å². The number of nitrogens with zero attached hydrogens (tertiary/aromatic N) is 3. The highest BCUT2D eigenvalue weighted by Gasteiger charge is 2.34. The van der Waals surface area contributed by atoms with E-state index >= 15 is 0 Å². The van der Waals surface area contributed by atoms with Gasteiger partial charge in [0.2, 0.25) is 0 Å². The molecule has 0 spiro atoms. The van der Waals surface area contributed by atoms with Crippen LogP contribution in [0.2, 0.25) is 0 Å². The highest BCUT2D eigenvalue weighted by atomic mass is 19.4. The molecule has 3 N–H and O–H groups in total. The number of aromatic nitrogens is 3. The molecule has 10 heteroatoms. The first-order valence-electron chi connectivity index (χ1n) is 9.78. The molecule has 0 atom stereocenters. The molecular weight excluding hydrogens is 429 g/mol. The summed E-state index contributed by atoms with van der Waals surface area (Å²) in [5.74, 6) is -1.41. The molecule has 0 radical (unpaired) electrons. The first-order valence-corrected chi connectivity index (χ1v) is 9.78. The van der Waals surface area contributed by atoms with Gasteiger partial charge in [0.15, 0.2) is 0 Å². The van der Waals surface area contributed by atoms with E-state index in [1.807, 2.05) is 0 Å². The maximum Gasteiger partial charge on any atom is 0.419 e. The first-order chi connectivity index (χ1) is 15.2. The van der Waals surface area contributed by atoms with Crippen LogP contribution in [0, 0.1) is 11.6 Å². The normalized spacial score (nSPS) is 14.2. The smallest absolute Gasteiger partial charge is 0.399 e. The van der Waals surface area contributed by atoms with Gasteiger partial charge < -0.3 is 11.1 Å². The van der Waals surface area contributed by atoms with Gasteiger partial charge in [0, 0.05) is 29.6 Å². The van der Waals surface area contributed by atoms with Crippen molar-refractivity contribution in [2.45, 2.75) is 24.9 Å². The van der Waals surface area contributed by atoms with Gasteiger partial charge in [-0.05, 0) is 49.2 Å². The standard InChI is InChI=1S/C22H16F5N5/c23-12-3-6-19-31-20(11-1-2-11)21(32(19)10-12)17-7-13(28)8-18(30-17)29-14-4-5-15(16(24)9-14)22(25,26)27/h3-11H,1-2H2,(H3,28,29,30). The van der Waals surface area contributed by atoms with E-state index in [-0.39, 0.29) is 17.4 Å². The van der Waals surface area contributed by atoms with E-state index in [1.54, 1.807) is 16.5 Å². The molecule has 0 saturated heterocycles. The number of hydrogen-bond donors (Lipinski definition) is 2. The quantitative estimate of drug-likeness (QED) is 0.384. The third-order valence-corrected chi connectivity index (χ3v) is 5.21. The van der Waals surface area contributed by atoms with Gasteiger partial charge in [0.05, 0.1) is 22.6 Å². The minimum atomic E-state index is -4.79. The van der Waals surface area contributed by atoms with Crippen LogP contribution >= 0.6 is 0 Å². The Bertz CT molecular complexity index is 1340. The molecule has 1 fully saturated rings. The summed E-state index contributed by atoms with van der Waals surface area (Å²) in [6, 6.07) is 8.48. The summed E-state index contributed by atoms with van der Waals surface area (Å²) in [6.07, 6.45) is -1.56. The van der Waals surface area contributed by atoms with Crippen LogP contribution in [0.5, 0.6) is 0 Å². The molecule has 0 aliphatic heterocycles. The lowest BCUT2D eigenvalue weighted by atomic mass is 10.1. The van der Waals surface area contributed by atoms with Crippen LogP contribution in [-0.4, -0.2) is 14.4 Å². The van der Waals surface area contributed by atoms with E-state index in [9.17, 15) is 22.0 Å². The first kappa shape index (κ1) is 20.2. The van der Waals surface area contributed by atoms with E-state index in [0.29, 0.717) is 28.8 Å². The van der Waals surface area contributed by atoms with Crippen LogP contribution in [0.3, 0.4) is 0 Å². The number of anilines is 3. The van der Waals surface area contributed by atoms with Crippen molar-refractivity contribution in [2.24, 2.45) is 0 Å². The number of nitrogens with one attached hydrogen (secondary N) is 1. The number of rotatable bonds is 4. The van der Waals surface area contributed by atoms with Crippen LogP contribution in [0.1, 0.15) is 30.0 Å². The lowest BCUT2D eigenvalue weighted by Gasteiger charge is -2.12. The van der Waals surface area contributed by atoms with E-state index in [0.717, 1.165) is 30.7 Å². The summed E-state index contributed by atoms with van der Waals surface area (Å²) in [6.45, 7) is 0. The monoisotopic (exact) mass is 445 g/mol. The molecule has 1 saturated carbocycles. The van der Waals surface area contributed by atoms with E-state index in [1.165, 1.54) is 18.3 Å². The average molecular weight is 445 g/mol. The van der Waals surface area contributed by atoms with Crippen LogP contribution in [0.4, 0.5) is 39.1 Å². The third-order valence-electron chi connectivity index (χ3n) is 5.21. The van der Waals surface area contributed by atoms with Crippen molar-refractivity contribution in [1.82, 2.24) is 14.4 Å². The van der Waals surface area contributed by atoms with Gasteiger partial charge in [-0.25, -0.2) is 18.7 Å². The molecule has 5 nitrogen and oxygen atoms in total. The Hall–Kier alpha value is -3.69. The summed E-state index contributed by atoms with van der Waals surface area (Å²) >= 11 is 0. The maximum absolute atomic E-state index is 13.9. The number of pyridine rings is 2. The van der Waals surface area contributed by atoms with Gasteiger partial charge in [0.1, 0.15) is 23.1 Å². The van der Waals surface area contributed by atoms with Crippen molar-refractivity contribution in [2.75, 3.05) is 11.1 Å². The topological polar surface area (TPSA) is 68.2 Å². The number of alkyl halides is 3. The molecule has 4 aromatic rings. The molecule has 1 aliphatic carbocycles. The zero-order chi connectivity index (χ0) is 22.6. The fourth-order valence-corrected chi connectivity index (χ4v) is 3.64. The van der Waals surface area contributed by atoms with Crippen molar-refractivity contribution in [3.05, 3.63) is 71.6 Å². The molecule has 0 amide bonds. The predicted octanol–water partition coefficient (Wildman–Crippen LogP) is 5.90. The molecule has 0 unspecified atom stereocenters. The lowest BCUT2D eigenvalue weighted by molar-refractivity contribution is -0.139. The van der Waals surface area contributed by atoms with Crippen molar-refractivity contribution < 1.29 is 22.0 Å². The zero-order valence-corrected chi connectivity index (χ0v) is 16.4. The molecule has 1 aliphatic rings. The number of hydrogen-bond acceptors (Lipinski definition) is 4. The highest BCUT2D eigenvalue weighted by Crippen LogP contribution is 2.44. The number of nitrogen functional groups attached to an aromatic ring is 1. The Kier molecular flexibility index (Phi) is 4.54. The Morgan fingerprint density at radius 1 is 1.00 bits per heavy atom. The van der Waals surface area contributed by atoms with Gasteiger partial charge in [-0.3, -0.25) is 4.40 Å². The van der Waals surface area contributed by atoms with Crippen LogP contribution < -0.4 is 11.1 Å². The van der Waals surface area contributed by atoms with Crippen LogP contribution in [-0.2, 0) is 6.18 Å². The molecule has 164 valence electrons. The summed E-state index contributed by atoms with van der Waals surface area (Å²) < 4.78 is 67.9. The van der Waals surface area contributed by atoms with Crippen molar-refractivity contribution in [3.8, 4) is 11.4 Å². The van der Waals surface area contributed by atoms with E-state index < -0.39 is 23.4 Å². The van der Waals surface area contributed by atoms with Gasteiger partial charge in [-0.2, -0.15) is 13.2 Å². The van der Waals surface area contributed by atoms with Crippen molar-refractivity contribution in [1.29, 1.82) is 0 Å². The van der Waals surface area contributed by atoms with Gasteiger partial charge in [0.25, 0.3) is 0 Å². The maximum atomic E-state index is 13.9. The number of imidazole rings is 1. The fourth-order valence-electron chi connectivity index (χ4n) is 3.64. The number of nitrogens with two attached hydrogens (primary N) is 1. The fraction of sp³-hybridized carbons (Fsp3) is 0.182. The SMILES string of the molecule is Nc1cc(Nc2ccc(C(F)(F)F)c(F)c2)nc(-c2c(C3CC3)nc3ccc(F)cn23)c1. The van der Waals surface area contributed by atoms with Gasteiger partial charge in [-0.15, -0.1) is 0 Å². The summed E-state index contributed by atoms with van der Waals surface area (Å²) in [4.78, 5) is 9.12. The molecule has 0 bridgehead atoms. The largest absolute Gasteiger partial charge is 0.419 e. The molecular formula is C22H16F5N5. The van der Waals surface area contributed by atoms with Crippen LogP contribution in [0.15, 0.2) is 48.7 Å². The Labute approximate surface area is 178 Å². The second kappa shape index (κ2) is 7.18. The third kappa shape index (κ3) is 3.72. The summed E-state index contributed by atoms with van der Waals surface area (Å²) in [5, 5.41) is 2.79. The zero-order valence-electron chi connectivity index (χ0n) is 16.4. The minimum Gasteiger partial charge on any atom is -0.399 e. The predicted molar refractivity (Wildman–Crippen MR) is 109 cm³/mol. The summed E-state index contributed by atoms with van der Waals surface area (Å²) in [7, 11) is 0. The lowest BCUT2D eigenvalue weighted by Crippen LogP contribution is -2.08. The highest BCUT2D eigenvalue weighted by molar-refractivity contribution is 5.72. The number of benzene rings is 1. The molecule has 1 aromatic carbocycles. The van der Waals surface area contributed by atoms with Gasteiger partial charge in [-0.1, -0.05) is 0 Å². The van der Waals surface area contributed by atoms with Crippen LogP contribution in [0.25, 0.3) is 17.0 Å². The van der Waals surface area contributed by atoms with E-state index in [4.69, 9.17) is 5.73 Å². The Morgan fingerprint density at radius 2 is 1.78 bits per heavy atom. The van der Waals surface area contributed by atoms with Gasteiger partial charge >= 0.3 is 6.18 Å². The second-order valence-electron chi connectivity index (χ2n) is 7.68. The number of fused-ring (bicyclic) bond motifs is 1. The van der Waals surface area contributed by atoms with Crippen molar-refractivity contribution in [3.63, 3.8) is 0 Å².